The van der Waals surface area contributed by atoms with Crippen molar-refractivity contribution in [3.63, 3.8) is 0 Å². The molecule has 1 aliphatic heterocycles. The molecular weight excluding hydrogens is 242 g/mol. The molecule has 2 N–H and O–H groups in total. The number of nitrogens with zero attached hydrogens (tertiary/aromatic N) is 2. The smallest absolute Gasteiger partial charge is 0.0990 e. The van der Waals surface area contributed by atoms with Gasteiger partial charge in [0.1, 0.15) is 0 Å². The Morgan fingerprint density at radius 2 is 2.22 bits per heavy atom. The predicted octanol–water partition coefficient (Wildman–Crippen LogP) is 2.68. The lowest BCUT2D eigenvalue weighted by Crippen LogP contribution is -2.45. The molecule has 3 nitrogen and oxygen atoms in total. The molecule has 2 unspecified atom stereocenters. The van der Waals surface area contributed by atoms with Crippen LogP contribution in [0.1, 0.15) is 47.7 Å². The zero-order valence-electron chi connectivity index (χ0n) is 11.8. The molecule has 0 amide bonds. The first-order chi connectivity index (χ1) is 8.67. The van der Waals surface area contributed by atoms with E-state index in [1.165, 1.54) is 41.4 Å². The highest BCUT2D eigenvalue weighted by Gasteiger charge is 2.31. The second-order valence-corrected chi connectivity index (χ2v) is 6.46. The summed E-state index contributed by atoms with van der Waals surface area (Å²) in [7, 11) is 0. The van der Waals surface area contributed by atoms with Crippen LogP contribution in [0.25, 0.3) is 0 Å². The highest BCUT2D eigenvalue weighted by molar-refractivity contribution is 7.11. The maximum Gasteiger partial charge on any atom is 0.0990 e. The molecule has 0 radical (unpaired) electrons. The lowest BCUT2D eigenvalue weighted by atomic mass is 9.90. The lowest BCUT2D eigenvalue weighted by molar-refractivity contribution is 0.134. The van der Waals surface area contributed by atoms with Gasteiger partial charge in [-0.2, -0.15) is 0 Å². The first-order valence-corrected chi connectivity index (χ1v) is 7.87. The van der Waals surface area contributed by atoms with Gasteiger partial charge in [-0.05, 0) is 39.8 Å². The molecule has 1 fully saturated rings. The third-order valence-corrected chi connectivity index (χ3v) is 5.36. The Morgan fingerprint density at radius 3 is 2.78 bits per heavy atom. The number of hydrogen-bond acceptors (Lipinski definition) is 4. The average Bonchev–Trinajstić information content (AvgIpc) is 2.71. The topological polar surface area (TPSA) is 42.1 Å². The van der Waals surface area contributed by atoms with Crippen LogP contribution in [0.5, 0.6) is 0 Å². The molecule has 0 saturated carbocycles. The number of nitrogens with two attached hydrogens (primary N) is 1. The first-order valence-electron chi connectivity index (χ1n) is 7.05. The summed E-state index contributed by atoms with van der Waals surface area (Å²) >= 11 is 1.84. The highest BCUT2D eigenvalue weighted by atomic mass is 32.1. The Morgan fingerprint density at radius 1 is 1.44 bits per heavy atom. The molecule has 0 spiro atoms. The van der Waals surface area contributed by atoms with Crippen molar-refractivity contribution < 1.29 is 0 Å². The van der Waals surface area contributed by atoms with Gasteiger partial charge in [-0.15, -0.1) is 11.3 Å². The van der Waals surface area contributed by atoms with E-state index in [0.717, 1.165) is 6.54 Å². The monoisotopic (exact) mass is 267 g/mol. The lowest BCUT2D eigenvalue weighted by Gasteiger charge is -2.38. The van der Waals surface area contributed by atoms with E-state index in [2.05, 4.69) is 25.7 Å². The van der Waals surface area contributed by atoms with Gasteiger partial charge in [0.2, 0.25) is 0 Å². The van der Waals surface area contributed by atoms with Crippen molar-refractivity contribution in [2.45, 2.75) is 52.0 Å². The molecule has 4 heteroatoms. The number of piperidine rings is 1. The fraction of sp³-hybridized carbons (Fsp3) is 0.786. The van der Waals surface area contributed by atoms with Crippen LogP contribution in [0.2, 0.25) is 0 Å². The second-order valence-electron chi connectivity index (χ2n) is 5.23. The molecule has 1 saturated heterocycles. The maximum absolute atomic E-state index is 6.05. The molecule has 18 heavy (non-hydrogen) atoms. The number of aromatic nitrogens is 1. The van der Waals surface area contributed by atoms with Crippen LogP contribution in [0, 0.1) is 13.8 Å². The first kappa shape index (κ1) is 14.0. The van der Waals surface area contributed by atoms with Crippen molar-refractivity contribution in [3.8, 4) is 0 Å². The van der Waals surface area contributed by atoms with Crippen LogP contribution in [0.3, 0.4) is 0 Å². The molecule has 0 aliphatic carbocycles. The molecule has 0 aromatic carbocycles. The maximum atomic E-state index is 6.05. The number of thiazole rings is 1. The summed E-state index contributed by atoms with van der Waals surface area (Å²) in [6.07, 6.45) is 3.94. The van der Waals surface area contributed by atoms with Crippen LogP contribution in [0.15, 0.2) is 0 Å². The van der Waals surface area contributed by atoms with Crippen LogP contribution in [-0.2, 0) is 0 Å². The van der Waals surface area contributed by atoms with Crippen molar-refractivity contribution in [3.05, 3.63) is 15.6 Å². The SMILES string of the molecule is CCN1CCCCC1C(CN)c1nc(C)c(C)s1. The minimum absolute atomic E-state index is 0.419. The minimum atomic E-state index is 0.419. The number of likely N-dealkylation sites (N-methyl/N-ethyl adjacent to an activating group) is 1. The Kier molecular flexibility index (Phi) is 4.76. The molecule has 0 bridgehead atoms. The van der Waals surface area contributed by atoms with E-state index < -0.39 is 0 Å². The summed E-state index contributed by atoms with van der Waals surface area (Å²) in [6.45, 7) is 9.58. The minimum Gasteiger partial charge on any atom is -0.330 e. The van der Waals surface area contributed by atoms with E-state index in [-0.39, 0.29) is 0 Å². The van der Waals surface area contributed by atoms with Crippen molar-refractivity contribution >= 4 is 11.3 Å². The van der Waals surface area contributed by atoms with Crippen molar-refractivity contribution in [1.82, 2.24) is 9.88 Å². The van der Waals surface area contributed by atoms with Gasteiger partial charge in [0.05, 0.1) is 10.7 Å². The van der Waals surface area contributed by atoms with Crippen LogP contribution < -0.4 is 5.73 Å². The van der Waals surface area contributed by atoms with E-state index >= 15 is 0 Å². The zero-order valence-corrected chi connectivity index (χ0v) is 12.6. The molecule has 2 heterocycles. The Hall–Kier alpha value is -0.450. The molecule has 2 rings (SSSR count). The molecule has 1 aliphatic rings. The van der Waals surface area contributed by atoms with Gasteiger partial charge in [0, 0.05) is 23.4 Å². The summed E-state index contributed by atoms with van der Waals surface area (Å²) in [5, 5.41) is 1.25. The Balaban J connectivity index is 2.21. The van der Waals surface area contributed by atoms with Gasteiger partial charge < -0.3 is 5.73 Å². The average molecular weight is 267 g/mol. The van der Waals surface area contributed by atoms with Crippen LogP contribution >= 0.6 is 11.3 Å². The Labute approximate surface area is 114 Å². The number of hydrogen-bond donors (Lipinski definition) is 1. The van der Waals surface area contributed by atoms with Crippen molar-refractivity contribution in [1.29, 1.82) is 0 Å². The summed E-state index contributed by atoms with van der Waals surface area (Å²) in [6, 6.07) is 0.596. The van der Waals surface area contributed by atoms with Crippen molar-refractivity contribution in [2.24, 2.45) is 5.73 Å². The molecular formula is C14H25N3S. The fourth-order valence-corrected chi connectivity index (χ4v) is 4.04. The van der Waals surface area contributed by atoms with Crippen LogP contribution in [0.4, 0.5) is 0 Å². The van der Waals surface area contributed by atoms with Crippen molar-refractivity contribution in [2.75, 3.05) is 19.6 Å². The third-order valence-electron chi connectivity index (χ3n) is 4.15. The molecule has 1 aromatic heterocycles. The largest absolute Gasteiger partial charge is 0.330 e. The number of aryl methyl sites for hydroxylation is 2. The van der Waals surface area contributed by atoms with E-state index in [9.17, 15) is 0 Å². The van der Waals surface area contributed by atoms with Gasteiger partial charge in [0.25, 0.3) is 0 Å². The second kappa shape index (κ2) is 6.13. The normalized spacial score (nSPS) is 23.2. The van der Waals surface area contributed by atoms with Crippen LogP contribution in [-0.4, -0.2) is 35.6 Å². The number of rotatable bonds is 4. The molecule has 1 aromatic rings. The predicted molar refractivity (Wildman–Crippen MR) is 78.3 cm³/mol. The fourth-order valence-electron chi connectivity index (χ4n) is 2.94. The summed E-state index contributed by atoms with van der Waals surface area (Å²) < 4.78 is 0. The van der Waals surface area contributed by atoms with E-state index in [1.807, 2.05) is 11.3 Å². The standard InChI is InChI=1S/C14H25N3S/c1-4-17-8-6-5-7-13(17)12(9-15)14-16-10(2)11(3)18-14/h12-13H,4-9,15H2,1-3H3. The zero-order chi connectivity index (χ0) is 13.1. The molecule has 2 atom stereocenters. The van der Waals surface area contributed by atoms with Gasteiger partial charge in [0.15, 0.2) is 0 Å². The number of likely N-dealkylation sites (tertiary alicyclic amines) is 1. The Bertz CT molecular complexity index is 369. The van der Waals surface area contributed by atoms with Gasteiger partial charge in [-0.1, -0.05) is 13.3 Å². The van der Waals surface area contributed by atoms with Gasteiger partial charge in [-0.25, -0.2) is 4.98 Å². The van der Waals surface area contributed by atoms with Gasteiger partial charge in [-0.3, -0.25) is 4.90 Å². The summed E-state index contributed by atoms with van der Waals surface area (Å²) in [5.41, 5.74) is 7.23. The quantitative estimate of drug-likeness (QED) is 0.912. The molecule has 102 valence electrons. The summed E-state index contributed by atoms with van der Waals surface area (Å²) in [5.74, 6) is 0.419. The third kappa shape index (κ3) is 2.76. The van der Waals surface area contributed by atoms with E-state index in [0.29, 0.717) is 18.5 Å². The summed E-state index contributed by atoms with van der Waals surface area (Å²) in [4.78, 5) is 8.66. The van der Waals surface area contributed by atoms with Gasteiger partial charge >= 0.3 is 0 Å². The highest BCUT2D eigenvalue weighted by Crippen LogP contribution is 2.32. The van der Waals surface area contributed by atoms with E-state index in [1.54, 1.807) is 0 Å². The van der Waals surface area contributed by atoms with E-state index in [4.69, 9.17) is 10.7 Å².